The number of aryl methyl sites for hydroxylation is 1. The standard InChI is InChI=1S/C12H20N2O2S/c1-7(2)5-8(3)16-12(15)11-9(4)14-10(6-13)17-11/h7-8H,5-6,13H2,1-4H3. The number of carbonyl (C=O) groups excluding carboxylic acids is 1. The van der Waals surface area contributed by atoms with Crippen LogP contribution in [0, 0.1) is 12.8 Å². The summed E-state index contributed by atoms with van der Waals surface area (Å²) in [6.45, 7) is 8.29. The molecule has 0 saturated carbocycles. The molecule has 4 nitrogen and oxygen atoms in total. The minimum Gasteiger partial charge on any atom is -0.458 e. The Labute approximate surface area is 106 Å². The first-order valence-corrected chi connectivity index (χ1v) is 6.63. The van der Waals surface area contributed by atoms with E-state index >= 15 is 0 Å². The van der Waals surface area contributed by atoms with Gasteiger partial charge in [-0.1, -0.05) is 13.8 Å². The molecular formula is C12H20N2O2S. The Morgan fingerprint density at radius 1 is 1.47 bits per heavy atom. The third-order valence-corrected chi connectivity index (χ3v) is 3.47. The number of nitrogens with zero attached hydrogens (tertiary/aromatic N) is 1. The predicted octanol–water partition coefficient (Wildman–Crippen LogP) is 2.50. The van der Waals surface area contributed by atoms with Gasteiger partial charge in [0, 0.05) is 6.54 Å². The summed E-state index contributed by atoms with van der Waals surface area (Å²) >= 11 is 1.32. The van der Waals surface area contributed by atoms with E-state index in [1.807, 2.05) is 6.92 Å². The second-order valence-electron chi connectivity index (χ2n) is 4.57. The molecule has 1 rings (SSSR count). The van der Waals surface area contributed by atoms with Crippen molar-refractivity contribution in [2.24, 2.45) is 11.7 Å². The van der Waals surface area contributed by atoms with Crippen LogP contribution in [0.2, 0.25) is 0 Å². The van der Waals surface area contributed by atoms with Crippen LogP contribution in [0.3, 0.4) is 0 Å². The normalized spacial score (nSPS) is 12.8. The van der Waals surface area contributed by atoms with Crippen molar-refractivity contribution in [2.75, 3.05) is 0 Å². The van der Waals surface area contributed by atoms with Crippen molar-refractivity contribution in [3.8, 4) is 0 Å². The molecule has 17 heavy (non-hydrogen) atoms. The van der Waals surface area contributed by atoms with Crippen LogP contribution >= 0.6 is 11.3 Å². The number of hydrogen-bond acceptors (Lipinski definition) is 5. The van der Waals surface area contributed by atoms with Crippen LogP contribution in [-0.4, -0.2) is 17.1 Å². The van der Waals surface area contributed by atoms with Gasteiger partial charge < -0.3 is 10.5 Å². The summed E-state index contributed by atoms with van der Waals surface area (Å²) in [4.78, 5) is 16.7. The number of rotatable bonds is 5. The molecule has 2 N–H and O–H groups in total. The van der Waals surface area contributed by atoms with E-state index < -0.39 is 0 Å². The third kappa shape index (κ3) is 4.09. The predicted molar refractivity (Wildman–Crippen MR) is 69.1 cm³/mol. The highest BCUT2D eigenvalue weighted by Crippen LogP contribution is 2.20. The highest BCUT2D eigenvalue weighted by atomic mass is 32.1. The average Bonchev–Trinajstić information content (AvgIpc) is 2.58. The summed E-state index contributed by atoms with van der Waals surface area (Å²) in [7, 11) is 0. The van der Waals surface area contributed by atoms with Crippen molar-refractivity contribution in [3.05, 3.63) is 15.6 Å². The van der Waals surface area contributed by atoms with Crippen LogP contribution < -0.4 is 5.73 Å². The second-order valence-corrected chi connectivity index (χ2v) is 5.66. The minimum atomic E-state index is -0.284. The van der Waals surface area contributed by atoms with E-state index in [9.17, 15) is 4.79 Å². The molecule has 0 aliphatic rings. The fourth-order valence-corrected chi connectivity index (χ4v) is 2.50. The highest BCUT2D eigenvalue weighted by Gasteiger charge is 2.18. The van der Waals surface area contributed by atoms with Crippen molar-refractivity contribution in [1.29, 1.82) is 0 Å². The SMILES string of the molecule is Cc1nc(CN)sc1C(=O)OC(C)CC(C)C. The van der Waals surface area contributed by atoms with E-state index in [-0.39, 0.29) is 12.1 Å². The zero-order valence-corrected chi connectivity index (χ0v) is 11.6. The average molecular weight is 256 g/mol. The molecule has 5 heteroatoms. The van der Waals surface area contributed by atoms with E-state index in [0.29, 0.717) is 23.0 Å². The van der Waals surface area contributed by atoms with Crippen LogP contribution in [-0.2, 0) is 11.3 Å². The number of hydrogen-bond donors (Lipinski definition) is 1. The summed E-state index contributed by atoms with van der Waals surface area (Å²) < 4.78 is 5.38. The molecule has 0 amide bonds. The molecule has 1 heterocycles. The lowest BCUT2D eigenvalue weighted by Crippen LogP contribution is -2.16. The zero-order chi connectivity index (χ0) is 13.0. The maximum Gasteiger partial charge on any atom is 0.350 e. The number of thiazole rings is 1. The minimum absolute atomic E-state index is 0.0645. The summed E-state index contributed by atoms with van der Waals surface area (Å²) in [6.07, 6.45) is 0.804. The van der Waals surface area contributed by atoms with Crippen LogP contribution in [0.4, 0.5) is 0 Å². The van der Waals surface area contributed by atoms with Gasteiger partial charge in [-0.05, 0) is 26.2 Å². The molecule has 1 unspecified atom stereocenters. The van der Waals surface area contributed by atoms with Gasteiger partial charge >= 0.3 is 5.97 Å². The quantitative estimate of drug-likeness (QED) is 0.822. The molecular weight excluding hydrogens is 236 g/mol. The fraction of sp³-hybridized carbons (Fsp3) is 0.667. The van der Waals surface area contributed by atoms with Crippen molar-refractivity contribution in [3.63, 3.8) is 0 Å². The molecule has 1 atom stereocenters. The Balaban J connectivity index is 2.66. The molecule has 96 valence electrons. The Kier molecular flexibility index (Phi) is 5.08. The van der Waals surface area contributed by atoms with Gasteiger partial charge in [0.1, 0.15) is 9.88 Å². The van der Waals surface area contributed by atoms with E-state index in [0.717, 1.165) is 11.4 Å². The van der Waals surface area contributed by atoms with Gasteiger partial charge in [0.2, 0.25) is 0 Å². The number of esters is 1. The maximum atomic E-state index is 11.9. The molecule has 0 fully saturated rings. The lowest BCUT2D eigenvalue weighted by molar-refractivity contribution is 0.0304. The van der Waals surface area contributed by atoms with Crippen LogP contribution in [0.1, 0.15) is 47.6 Å². The highest BCUT2D eigenvalue weighted by molar-refractivity contribution is 7.13. The smallest absolute Gasteiger partial charge is 0.350 e. The third-order valence-electron chi connectivity index (χ3n) is 2.31. The maximum absolute atomic E-state index is 11.9. The van der Waals surface area contributed by atoms with Crippen molar-refractivity contribution in [2.45, 2.75) is 46.8 Å². The van der Waals surface area contributed by atoms with Crippen molar-refractivity contribution >= 4 is 17.3 Å². The number of ether oxygens (including phenoxy) is 1. The van der Waals surface area contributed by atoms with Gasteiger partial charge in [-0.25, -0.2) is 9.78 Å². The summed E-state index contributed by atoms with van der Waals surface area (Å²) in [6, 6.07) is 0. The monoisotopic (exact) mass is 256 g/mol. The summed E-state index contributed by atoms with van der Waals surface area (Å²) in [5.74, 6) is 0.229. The van der Waals surface area contributed by atoms with Gasteiger partial charge in [0.15, 0.2) is 0 Å². The van der Waals surface area contributed by atoms with Crippen molar-refractivity contribution in [1.82, 2.24) is 4.98 Å². The van der Waals surface area contributed by atoms with Gasteiger partial charge in [-0.15, -0.1) is 11.3 Å². The molecule has 0 spiro atoms. The lowest BCUT2D eigenvalue weighted by atomic mass is 10.1. The zero-order valence-electron chi connectivity index (χ0n) is 10.8. The molecule has 0 bridgehead atoms. The van der Waals surface area contributed by atoms with E-state index in [1.165, 1.54) is 11.3 Å². The van der Waals surface area contributed by atoms with Crippen LogP contribution in [0.5, 0.6) is 0 Å². The van der Waals surface area contributed by atoms with Gasteiger partial charge in [-0.3, -0.25) is 0 Å². The molecule has 0 aliphatic heterocycles. The Bertz CT molecular complexity index is 388. The van der Waals surface area contributed by atoms with E-state index in [2.05, 4.69) is 18.8 Å². The molecule has 1 aromatic heterocycles. The molecule has 0 aliphatic carbocycles. The van der Waals surface area contributed by atoms with Gasteiger partial charge in [-0.2, -0.15) is 0 Å². The van der Waals surface area contributed by atoms with Crippen molar-refractivity contribution < 1.29 is 9.53 Å². The first-order chi connectivity index (χ1) is 7.93. The first kappa shape index (κ1) is 14.1. The van der Waals surface area contributed by atoms with Gasteiger partial charge in [0.05, 0.1) is 11.8 Å². The molecule has 0 saturated heterocycles. The topological polar surface area (TPSA) is 65.2 Å². The second kappa shape index (κ2) is 6.12. The Hall–Kier alpha value is -0.940. The Morgan fingerprint density at radius 3 is 2.59 bits per heavy atom. The molecule has 0 aromatic carbocycles. The summed E-state index contributed by atoms with van der Waals surface area (Å²) in [5, 5.41) is 0.769. The van der Waals surface area contributed by atoms with Crippen LogP contribution in [0.25, 0.3) is 0 Å². The largest absolute Gasteiger partial charge is 0.458 e. The van der Waals surface area contributed by atoms with E-state index in [4.69, 9.17) is 10.5 Å². The Morgan fingerprint density at radius 2 is 2.12 bits per heavy atom. The van der Waals surface area contributed by atoms with Gasteiger partial charge in [0.25, 0.3) is 0 Å². The first-order valence-electron chi connectivity index (χ1n) is 5.81. The molecule has 1 aromatic rings. The van der Waals surface area contributed by atoms with Crippen LogP contribution in [0.15, 0.2) is 0 Å². The number of carbonyl (C=O) groups is 1. The fourth-order valence-electron chi connectivity index (χ4n) is 1.68. The van der Waals surface area contributed by atoms with E-state index in [1.54, 1.807) is 6.92 Å². The lowest BCUT2D eigenvalue weighted by Gasteiger charge is -2.14. The molecule has 0 radical (unpaired) electrons. The summed E-state index contributed by atoms with van der Waals surface area (Å²) in [5.41, 5.74) is 6.20. The number of aromatic nitrogens is 1. The number of nitrogens with two attached hydrogens (primary N) is 1.